The van der Waals surface area contributed by atoms with Crippen LogP contribution >= 0.6 is 0 Å². The van der Waals surface area contributed by atoms with Crippen molar-refractivity contribution in [2.45, 2.75) is 13.3 Å². The quantitative estimate of drug-likeness (QED) is 0.519. The molecule has 2 aromatic carbocycles. The monoisotopic (exact) mass is 334 g/mol. The van der Waals surface area contributed by atoms with Gasteiger partial charge in [-0.25, -0.2) is 4.79 Å². The Morgan fingerprint density at radius 2 is 2.04 bits per heavy atom. The number of ether oxygens (including phenoxy) is 1. The van der Waals surface area contributed by atoms with Crippen molar-refractivity contribution in [3.63, 3.8) is 0 Å². The third kappa shape index (κ3) is 3.20. The van der Waals surface area contributed by atoms with E-state index in [1.54, 1.807) is 6.08 Å². The van der Waals surface area contributed by atoms with Crippen LogP contribution in [-0.4, -0.2) is 30.0 Å². The van der Waals surface area contributed by atoms with Crippen molar-refractivity contribution in [3.8, 4) is 18.1 Å². The lowest BCUT2D eigenvalue weighted by molar-refractivity contribution is -0.122. The molecule has 0 bridgehead atoms. The molecule has 0 saturated carbocycles. The van der Waals surface area contributed by atoms with Crippen molar-refractivity contribution < 1.29 is 14.3 Å². The van der Waals surface area contributed by atoms with Crippen LogP contribution in [0.1, 0.15) is 18.9 Å². The molecule has 0 unspecified atom stereocenters. The highest BCUT2D eigenvalue weighted by Gasteiger charge is 2.33. The van der Waals surface area contributed by atoms with Gasteiger partial charge in [0, 0.05) is 12.1 Å². The topological polar surface area (TPSA) is 58.6 Å². The predicted octanol–water partition coefficient (Wildman–Crippen LogP) is 3.15. The number of urea groups is 1. The number of hydrogen-bond donors (Lipinski definition) is 1. The van der Waals surface area contributed by atoms with Gasteiger partial charge in [0.25, 0.3) is 5.91 Å². The number of hydrogen-bond acceptors (Lipinski definition) is 3. The maximum atomic E-state index is 12.5. The molecule has 1 saturated heterocycles. The summed E-state index contributed by atoms with van der Waals surface area (Å²) in [5, 5.41) is 4.56. The number of nitrogens with zero attached hydrogens (tertiary/aromatic N) is 1. The Balaban J connectivity index is 2.09. The van der Waals surface area contributed by atoms with E-state index in [4.69, 9.17) is 11.2 Å². The fraction of sp³-hybridized carbons (Fsp3) is 0.200. The van der Waals surface area contributed by atoms with Gasteiger partial charge in [0.05, 0.1) is 0 Å². The molecule has 25 heavy (non-hydrogen) atoms. The molecule has 0 spiro atoms. The first-order valence-corrected chi connectivity index (χ1v) is 8.08. The molecule has 1 aliphatic heterocycles. The molecular weight excluding hydrogens is 316 g/mol. The number of amides is 3. The highest BCUT2D eigenvalue weighted by molar-refractivity contribution is 6.14. The molecule has 0 aromatic heterocycles. The second-order valence-electron chi connectivity index (χ2n) is 5.64. The van der Waals surface area contributed by atoms with Crippen molar-refractivity contribution in [3.05, 3.63) is 47.7 Å². The lowest BCUT2D eigenvalue weighted by atomic mass is 10.0. The van der Waals surface area contributed by atoms with Crippen LogP contribution in [-0.2, 0) is 4.79 Å². The standard InChI is InChI=1S/C20H18N2O3/c1-3-11-22-19(23)17(21-20(22)24)13-16-15-8-6-5-7-14(15)9-10-18(16)25-12-4-2/h2,5-10,13H,3,11-12H2,1H3,(H,21,24)/b17-13-. The smallest absolute Gasteiger partial charge is 0.329 e. The molecule has 0 aliphatic carbocycles. The van der Waals surface area contributed by atoms with Crippen LogP contribution in [0.15, 0.2) is 42.1 Å². The third-order valence-corrected chi connectivity index (χ3v) is 3.94. The Morgan fingerprint density at radius 3 is 2.80 bits per heavy atom. The van der Waals surface area contributed by atoms with E-state index in [9.17, 15) is 9.59 Å². The van der Waals surface area contributed by atoms with E-state index in [0.29, 0.717) is 18.7 Å². The summed E-state index contributed by atoms with van der Waals surface area (Å²) in [5.74, 6) is 2.68. The molecule has 5 nitrogen and oxygen atoms in total. The van der Waals surface area contributed by atoms with E-state index in [-0.39, 0.29) is 18.2 Å². The molecule has 2 aromatic rings. The first kappa shape index (κ1) is 16.6. The van der Waals surface area contributed by atoms with Crippen molar-refractivity contribution >= 4 is 28.8 Å². The number of nitrogens with one attached hydrogen (secondary N) is 1. The SMILES string of the molecule is C#CCOc1ccc2ccccc2c1/C=C1\NC(=O)N(CCC)C1=O. The number of carbonyl (C=O) groups excluding carboxylic acids is 2. The summed E-state index contributed by atoms with van der Waals surface area (Å²) in [6, 6.07) is 11.1. The minimum absolute atomic E-state index is 0.122. The first-order chi connectivity index (χ1) is 12.2. The van der Waals surface area contributed by atoms with Gasteiger partial charge in [-0.3, -0.25) is 9.69 Å². The van der Waals surface area contributed by atoms with E-state index in [2.05, 4.69) is 11.2 Å². The van der Waals surface area contributed by atoms with Crippen molar-refractivity contribution in [2.75, 3.05) is 13.2 Å². The zero-order valence-corrected chi connectivity index (χ0v) is 13.9. The molecule has 1 aliphatic rings. The predicted molar refractivity (Wildman–Crippen MR) is 96.8 cm³/mol. The van der Waals surface area contributed by atoms with Crippen molar-refractivity contribution in [1.29, 1.82) is 0 Å². The van der Waals surface area contributed by atoms with E-state index >= 15 is 0 Å². The number of rotatable bonds is 5. The van der Waals surface area contributed by atoms with Crippen LogP contribution in [0.5, 0.6) is 5.75 Å². The van der Waals surface area contributed by atoms with Gasteiger partial charge in [0.1, 0.15) is 18.1 Å². The van der Waals surface area contributed by atoms with Gasteiger partial charge in [-0.05, 0) is 29.3 Å². The minimum atomic E-state index is -0.399. The maximum absolute atomic E-state index is 12.5. The molecule has 1 heterocycles. The molecule has 5 heteroatoms. The molecule has 1 fully saturated rings. The Hall–Kier alpha value is -3.26. The number of terminal acetylenes is 1. The Labute approximate surface area is 146 Å². The number of benzene rings is 2. The van der Waals surface area contributed by atoms with Crippen LogP contribution in [0.3, 0.4) is 0 Å². The maximum Gasteiger partial charge on any atom is 0.329 e. The molecule has 0 atom stereocenters. The molecule has 1 N–H and O–H groups in total. The fourth-order valence-electron chi connectivity index (χ4n) is 2.81. The summed E-state index contributed by atoms with van der Waals surface area (Å²) < 4.78 is 5.62. The summed E-state index contributed by atoms with van der Waals surface area (Å²) in [7, 11) is 0. The van der Waals surface area contributed by atoms with Gasteiger partial charge < -0.3 is 10.1 Å². The van der Waals surface area contributed by atoms with Crippen molar-refractivity contribution in [2.24, 2.45) is 0 Å². The van der Waals surface area contributed by atoms with Gasteiger partial charge in [0.2, 0.25) is 0 Å². The molecule has 3 amide bonds. The van der Waals surface area contributed by atoms with Gasteiger partial charge >= 0.3 is 6.03 Å². The second-order valence-corrected chi connectivity index (χ2v) is 5.64. The van der Waals surface area contributed by atoms with Crippen LogP contribution in [0.4, 0.5) is 4.79 Å². The van der Waals surface area contributed by atoms with E-state index in [1.165, 1.54) is 4.90 Å². The van der Waals surface area contributed by atoms with Crippen LogP contribution in [0.2, 0.25) is 0 Å². The number of fused-ring (bicyclic) bond motifs is 1. The normalized spacial score (nSPS) is 15.5. The van der Waals surface area contributed by atoms with Gasteiger partial charge in [0.15, 0.2) is 0 Å². The highest BCUT2D eigenvalue weighted by atomic mass is 16.5. The zero-order chi connectivity index (χ0) is 17.8. The van der Waals surface area contributed by atoms with E-state index in [1.807, 2.05) is 43.3 Å². The Kier molecular flexibility index (Phi) is 4.71. The average molecular weight is 334 g/mol. The largest absolute Gasteiger partial charge is 0.480 e. The summed E-state index contributed by atoms with van der Waals surface area (Å²) in [6.45, 7) is 2.42. The second kappa shape index (κ2) is 7.10. The molecule has 3 rings (SSSR count). The highest BCUT2D eigenvalue weighted by Crippen LogP contribution is 2.31. The first-order valence-electron chi connectivity index (χ1n) is 8.08. The molecule has 0 radical (unpaired) electrons. The Bertz CT molecular complexity index is 909. The van der Waals surface area contributed by atoms with Crippen LogP contribution in [0.25, 0.3) is 16.8 Å². The van der Waals surface area contributed by atoms with Gasteiger partial charge in [-0.1, -0.05) is 43.2 Å². The fourth-order valence-corrected chi connectivity index (χ4v) is 2.81. The van der Waals surface area contributed by atoms with Crippen LogP contribution < -0.4 is 10.1 Å². The summed E-state index contributed by atoms with van der Waals surface area (Å²) in [6.07, 6.45) is 7.65. The number of carbonyl (C=O) groups is 2. The molecular formula is C20H18N2O3. The molecule has 126 valence electrons. The van der Waals surface area contributed by atoms with Crippen LogP contribution in [0, 0.1) is 12.3 Å². The van der Waals surface area contributed by atoms with Crippen molar-refractivity contribution in [1.82, 2.24) is 10.2 Å². The van der Waals surface area contributed by atoms with E-state index < -0.39 is 6.03 Å². The average Bonchev–Trinajstić information content (AvgIpc) is 2.89. The summed E-state index contributed by atoms with van der Waals surface area (Å²) >= 11 is 0. The van der Waals surface area contributed by atoms with Gasteiger partial charge in [-0.15, -0.1) is 6.42 Å². The van der Waals surface area contributed by atoms with E-state index in [0.717, 1.165) is 16.3 Å². The zero-order valence-electron chi connectivity index (χ0n) is 13.9. The summed E-state index contributed by atoms with van der Waals surface area (Å²) in [4.78, 5) is 25.7. The lowest BCUT2D eigenvalue weighted by Gasteiger charge is -2.11. The summed E-state index contributed by atoms with van der Waals surface area (Å²) in [5.41, 5.74) is 0.954. The Morgan fingerprint density at radius 1 is 1.24 bits per heavy atom. The third-order valence-electron chi connectivity index (χ3n) is 3.94. The number of imide groups is 1. The van der Waals surface area contributed by atoms with Gasteiger partial charge in [-0.2, -0.15) is 0 Å². The minimum Gasteiger partial charge on any atom is -0.480 e. The lowest BCUT2D eigenvalue weighted by Crippen LogP contribution is -2.31.